The van der Waals surface area contributed by atoms with Crippen LogP contribution in [0.4, 0.5) is 0 Å². The van der Waals surface area contributed by atoms with Gasteiger partial charge in [-0.15, -0.1) is 0 Å². The van der Waals surface area contributed by atoms with Gasteiger partial charge >= 0.3 is 0 Å². The predicted molar refractivity (Wildman–Crippen MR) is 85.6 cm³/mol. The van der Waals surface area contributed by atoms with Crippen molar-refractivity contribution in [2.45, 2.75) is 70.6 Å². The predicted octanol–water partition coefficient (Wildman–Crippen LogP) is 3.49. The smallest absolute Gasteiger partial charge is 0.187 e. The average molecular weight is 318 g/mol. The number of hydrogen-bond donors (Lipinski definition) is 0. The summed E-state index contributed by atoms with van der Waals surface area (Å²) in [6, 6.07) is 10.3. The number of rotatable bonds is 3. The molecule has 0 amide bonds. The van der Waals surface area contributed by atoms with Crippen molar-refractivity contribution in [2.75, 3.05) is 0 Å². The molecule has 0 unspecified atom stereocenters. The van der Waals surface area contributed by atoms with E-state index in [1.165, 1.54) is 5.56 Å². The molecule has 4 heteroatoms. The SMILES string of the molecule is C[C@H]1C[C@@H]2[C@@H](O[C@@H]3OC(C)(C)O[C@@H]32)[C@H](OCc2ccccc2)C1. The van der Waals surface area contributed by atoms with Crippen LogP contribution in [0.1, 0.15) is 39.2 Å². The molecular weight excluding hydrogens is 292 g/mol. The molecule has 0 aromatic heterocycles. The van der Waals surface area contributed by atoms with Gasteiger partial charge in [0.2, 0.25) is 0 Å². The summed E-state index contributed by atoms with van der Waals surface area (Å²) in [5, 5.41) is 0. The minimum absolute atomic E-state index is 0.0422. The summed E-state index contributed by atoms with van der Waals surface area (Å²) in [4.78, 5) is 0. The van der Waals surface area contributed by atoms with Crippen LogP contribution in [-0.2, 0) is 25.6 Å². The van der Waals surface area contributed by atoms with Crippen LogP contribution in [0.15, 0.2) is 30.3 Å². The van der Waals surface area contributed by atoms with Crippen LogP contribution in [-0.4, -0.2) is 30.4 Å². The maximum atomic E-state index is 6.23. The fourth-order valence-corrected chi connectivity index (χ4v) is 4.26. The molecular formula is C19H26O4. The van der Waals surface area contributed by atoms with Crippen molar-refractivity contribution in [3.8, 4) is 0 Å². The zero-order chi connectivity index (χ0) is 16.0. The Balaban J connectivity index is 1.45. The molecule has 2 saturated heterocycles. The average Bonchev–Trinajstić information content (AvgIpc) is 2.98. The van der Waals surface area contributed by atoms with Gasteiger partial charge in [-0.25, -0.2) is 0 Å². The maximum Gasteiger partial charge on any atom is 0.187 e. The molecule has 0 bridgehead atoms. The van der Waals surface area contributed by atoms with E-state index < -0.39 is 5.79 Å². The Labute approximate surface area is 138 Å². The Hall–Kier alpha value is -0.940. The quantitative estimate of drug-likeness (QED) is 0.855. The largest absolute Gasteiger partial charge is 0.371 e. The summed E-state index contributed by atoms with van der Waals surface area (Å²) in [5.74, 6) is 0.444. The summed E-state index contributed by atoms with van der Waals surface area (Å²) in [5.41, 5.74) is 1.20. The first kappa shape index (κ1) is 15.6. The molecule has 1 aromatic carbocycles. The Morgan fingerprint density at radius 2 is 1.87 bits per heavy atom. The number of ether oxygens (including phenoxy) is 4. The molecule has 0 spiro atoms. The minimum Gasteiger partial charge on any atom is -0.371 e. The van der Waals surface area contributed by atoms with Crippen molar-refractivity contribution in [1.29, 1.82) is 0 Å². The van der Waals surface area contributed by atoms with Crippen LogP contribution in [0.5, 0.6) is 0 Å². The molecule has 2 aliphatic heterocycles. The molecule has 0 N–H and O–H groups in total. The van der Waals surface area contributed by atoms with Gasteiger partial charge < -0.3 is 18.9 Å². The highest BCUT2D eigenvalue weighted by Crippen LogP contribution is 2.48. The van der Waals surface area contributed by atoms with Crippen molar-refractivity contribution >= 4 is 0 Å². The molecule has 6 atom stereocenters. The van der Waals surface area contributed by atoms with E-state index in [4.69, 9.17) is 18.9 Å². The van der Waals surface area contributed by atoms with Gasteiger partial charge in [0.05, 0.1) is 18.8 Å². The Kier molecular flexibility index (Phi) is 3.96. The van der Waals surface area contributed by atoms with Crippen molar-refractivity contribution in [1.82, 2.24) is 0 Å². The van der Waals surface area contributed by atoms with Gasteiger partial charge in [-0.05, 0) is 38.2 Å². The molecule has 4 rings (SSSR count). The van der Waals surface area contributed by atoms with Crippen LogP contribution in [0, 0.1) is 11.8 Å². The third kappa shape index (κ3) is 3.05. The van der Waals surface area contributed by atoms with Crippen LogP contribution < -0.4 is 0 Å². The van der Waals surface area contributed by atoms with Crippen LogP contribution in [0.2, 0.25) is 0 Å². The first-order valence-electron chi connectivity index (χ1n) is 8.68. The van der Waals surface area contributed by atoms with E-state index in [0.29, 0.717) is 18.4 Å². The van der Waals surface area contributed by atoms with Gasteiger partial charge in [0.1, 0.15) is 6.10 Å². The standard InChI is InChI=1S/C19H26O4/c1-12-9-14-16(21-18-17(14)22-19(2,3)23-18)15(10-12)20-11-13-7-5-4-6-8-13/h4-8,12,14-18H,9-11H2,1-3H3/t12-,14+,15+,16+,17+,18+/m0/s1. The molecule has 4 nitrogen and oxygen atoms in total. The highest BCUT2D eigenvalue weighted by atomic mass is 16.8. The molecule has 1 aliphatic carbocycles. The topological polar surface area (TPSA) is 36.9 Å². The number of hydrogen-bond acceptors (Lipinski definition) is 4. The third-order valence-corrected chi connectivity index (χ3v) is 5.21. The first-order chi connectivity index (χ1) is 11.0. The van der Waals surface area contributed by atoms with Crippen molar-refractivity contribution in [3.63, 3.8) is 0 Å². The lowest BCUT2D eigenvalue weighted by Gasteiger charge is -2.38. The highest BCUT2D eigenvalue weighted by Gasteiger charge is 2.58. The number of fused-ring (bicyclic) bond motifs is 3. The zero-order valence-corrected chi connectivity index (χ0v) is 14.1. The zero-order valence-electron chi connectivity index (χ0n) is 14.1. The minimum atomic E-state index is -0.540. The second-order valence-corrected chi connectivity index (χ2v) is 7.64. The van der Waals surface area contributed by atoms with Crippen molar-refractivity contribution in [2.24, 2.45) is 11.8 Å². The molecule has 1 saturated carbocycles. The van der Waals surface area contributed by atoms with Gasteiger partial charge in [0.15, 0.2) is 12.1 Å². The highest BCUT2D eigenvalue weighted by molar-refractivity contribution is 5.13. The Morgan fingerprint density at radius 1 is 1.09 bits per heavy atom. The third-order valence-electron chi connectivity index (χ3n) is 5.21. The van der Waals surface area contributed by atoms with Crippen molar-refractivity contribution < 1.29 is 18.9 Å². The van der Waals surface area contributed by atoms with Gasteiger partial charge in [-0.3, -0.25) is 0 Å². The maximum absolute atomic E-state index is 6.23. The van der Waals surface area contributed by atoms with E-state index in [-0.39, 0.29) is 24.6 Å². The summed E-state index contributed by atoms with van der Waals surface area (Å²) in [6.45, 7) is 6.84. The van der Waals surface area contributed by atoms with E-state index >= 15 is 0 Å². The molecule has 0 radical (unpaired) electrons. The van der Waals surface area contributed by atoms with Crippen LogP contribution in [0.3, 0.4) is 0 Å². The van der Waals surface area contributed by atoms with Gasteiger partial charge in [-0.2, -0.15) is 0 Å². The molecule has 126 valence electrons. The fourth-order valence-electron chi connectivity index (χ4n) is 4.26. The van der Waals surface area contributed by atoms with E-state index in [0.717, 1.165) is 12.8 Å². The van der Waals surface area contributed by atoms with E-state index in [1.54, 1.807) is 0 Å². The molecule has 3 fully saturated rings. The Bertz CT molecular complexity index is 544. The van der Waals surface area contributed by atoms with E-state index in [2.05, 4.69) is 19.1 Å². The molecule has 1 aromatic rings. The summed E-state index contributed by atoms with van der Waals surface area (Å²) < 4.78 is 24.4. The lowest BCUT2D eigenvalue weighted by molar-refractivity contribution is -0.230. The first-order valence-corrected chi connectivity index (χ1v) is 8.68. The number of benzene rings is 1. The molecule has 3 aliphatic rings. The summed E-state index contributed by atoms with van der Waals surface area (Å²) >= 11 is 0. The van der Waals surface area contributed by atoms with E-state index in [9.17, 15) is 0 Å². The monoisotopic (exact) mass is 318 g/mol. The normalized spacial score (nSPS) is 41.5. The molecule has 23 heavy (non-hydrogen) atoms. The lowest BCUT2D eigenvalue weighted by Crippen LogP contribution is -2.43. The summed E-state index contributed by atoms with van der Waals surface area (Å²) in [7, 11) is 0. The summed E-state index contributed by atoms with van der Waals surface area (Å²) in [6.07, 6.45) is 2.16. The van der Waals surface area contributed by atoms with Gasteiger partial charge in [-0.1, -0.05) is 37.3 Å². The fraction of sp³-hybridized carbons (Fsp3) is 0.684. The second-order valence-electron chi connectivity index (χ2n) is 7.64. The second kappa shape index (κ2) is 5.85. The van der Waals surface area contributed by atoms with E-state index in [1.807, 2.05) is 32.0 Å². The van der Waals surface area contributed by atoms with Crippen molar-refractivity contribution in [3.05, 3.63) is 35.9 Å². The van der Waals surface area contributed by atoms with Crippen LogP contribution in [0.25, 0.3) is 0 Å². The van der Waals surface area contributed by atoms with Gasteiger partial charge in [0, 0.05) is 5.92 Å². The molecule has 2 heterocycles. The van der Waals surface area contributed by atoms with Gasteiger partial charge in [0.25, 0.3) is 0 Å². The lowest BCUT2D eigenvalue weighted by atomic mass is 9.77. The Morgan fingerprint density at radius 3 is 2.65 bits per heavy atom. The van der Waals surface area contributed by atoms with Crippen LogP contribution >= 0.6 is 0 Å².